The minimum absolute atomic E-state index is 0.00252. The second-order valence-corrected chi connectivity index (χ2v) is 10.5. The van der Waals surface area contributed by atoms with Crippen molar-refractivity contribution in [2.75, 3.05) is 25.5 Å². The molecule has 0 aliphatic carbocycles. The van der Waals surface area contributed by atoms with Crippen LogP contribution in [0, 0.1) is 5.41 Å². The maximum atomic E-state index is 13.4. The predicted octanol–water partition coefficient (Wildman–Crippen LogP) is 3.66. The lowest BCUT2D eigenvalue weighted by molar-refractivity contribution is 0.0698. The molecule has 1 saturated heterocycles. The Balaban J connectivity index is 1.61. The molecule has 4 rings (SSSR count). The summed E-state index contributed by atoms with van der Waals surface area (Å²) in [5.41, 5.74) is 1.13. The Kier molecular flexibility index (Phi) is 6.74. The number of ether oxygens (including phenoxy) is 1. The van der Waals surface area contributed by atoms with E-state index in [-0.39, 0.29) is 23.4 Å². The Labute approximate surface area is 202 Å². The number of hydrogen-bond donors (Lipinski definition) is 2. The third-order valence-corrected chi connectivity index (χ3v) is 7.16. The maximum absolute atomic E-state index is 13.4. The number of methoxy groups -OCH3 is 1. The third-order valence-electron chi connectivity index (χ3n) is 6.27. The molecule has 0 unspecified atom stereocenters. The van der Waals surface area contributed by atoms with E-state index in [1.54, 1.807) is 33.0 Å². The molecule has 3 aromatic heterocycles. The number of thiazole rings is 1. The van der Waals surface area contributed by atoms with Crippen molar-refractivity contribution in [3.05, 3.63) is 29.5 Å². The van der Waals surface area contributed by atoms with Crippen LogP contribution in [0.15, 0.2) is 23.8 Å². The van der Waals surface area contributed by atoms with Crippen molar-refractivity contribution in [1.29, 1.82) is 0 Å². The fourth-order valence-corrected chi connectivity index (χ4v) is 4.48. The molecule has 0 saturated carbocycles. The Morgan fingerprint density at radius 2 is 1.97 bits per heavy atom. The highest BCUT2D eigenvalue weighted by Gasteiger charge is 2.27. The molecule has 3 aromatic rings. The molecular formula is C23H31N7O3S. The van der Waals surface area contributed by atoms with Crippen LogP contribution in [0.3, 0.4) is 0 Å². The molecule has 1 atom stereocenters. The lowest BCUT2D eigenvalue weighted by Gasteiger charge is -2.32. The highest BCUT2D eigenvalue weighted by Crippen LogP contribution is 2.28. The van der Waals surface area contributed by atoms with Gasteiger partial charge in [-0.3, -0.25) is 4.79 Å². The van der Waals surface area contributed by atoms with E-state index in [0.717, 1.165) is 10.4 Å². The van der Waals surface area contributed by atoms with E-state index in [0.29, 0.717) is 43.3 Å². The fraction of sp³-hybridized carbons (Fsp3) is 0.522. The van der Waals surface area contributed by atoms with Gasteiger partial charge in [-0.15, -0.1) is 11.3 Å². The summed E-state index contributed by atoms with van der Waals surface area (Å²) < 4.78 is 6.46. The van der Waals surface area contributed by atoms with Crippen molar-refractivity contribution in [2.45, 2.75) is 52.6 Å². The van der Waals surface area contributed by atoms with Crippen LogP contribution in [0.1, 0.15) is 51.0 Å². The Morgan fingerprint density at radius 3 is 2.65 bits per heavy atom. The summed E-state index contributed by atoms with van der Waals surface area (Å²) in [7, 11) is 1.34. The van der Waals surface area contributed by atoms with E-state index < -0.39 is 6.09 Å². The van der Waals surface area contributed by atoms with Gasteiger partial charge in [0, 0.05) is 42.8 Å². The van der Waals surface area contributed by atoms with Gasteiger partial charge in [0.1, 0.15) is 16.3 Å². The minimum Gasteiger partial charge on any atom is -0.453 e. The molecule has 2 N–H and O–H groups in total. The number of carbonyl (C=O) groups is 2. The van der Waals surface area contributed by atoms with Crippen molar-refractivity contribution in [3.8, 4) is 11.4 Å². The number of aromatic nitrogens is 4. The van der Waals surface area contributed by atoms with Crippen LogP contribution >= 0.6 is 11.3 Å². The normalized spacial score (nSPS) is 15.9. The standard InChI is InChI=1S/C23H31N7O3S/c1-14(23(2,3)4)25-18-12-17(20(31)29-8-6-15(7-9-29)26-22(32)33-5)27-19(28-18)16-13-24-30-10-11-34-21(16)30/h10-15H,6-9H2,1-5H3,(H,26,32)(H,25,27,28)/t14-/m1/s1. The number of piperidine rings is 1. The van der Waals surface area contributed by atoms with Crippen molar-refractivity contribution >= 4 is 34.0 Å². The van der Waals surface area contributed by atoms with E-state index in [9.17, 15) is 9.59 Å². The second-order valence-electron chi connectivity index (χ2n) is 9.61. The van der Waals surface area contributed by atoms with Gasteiger partial charge in [0.15, 0.2) is 5.82 Å². The van der Waals surface area contributed by atoms with Gasteiger partial charge in [-0.25, -0.2) is 19.3 Å². The topological polar surface area (TPSA) is 114 Å². The van der Waals surface area contributed by atoms with Gasteiger partial charge in [-0.2, -0.15) is 5.10 Å². The van der Waals surface area contributed by atoms with Crippen LogP contribution in [-0.4, -0.2) is 68.8 Å². The number of amides is 2. The number of nitrogens with one attached hydrogen (secondary N) is 2. The summed E-state index contributed by atoms with van der Waals surface area (Å²) in [4.78, 5) is 37.0. The highest BCUT2D eigenvalue weighted by atomic mass is 32.1. The average Bonchev–Trinajstić information content (AvgIpc) is 3.42. The molecule has 34 heavy (non-hydrogen) atoms. The van der Waals surface area contributed by atoms with Gasteiger partial charge in [0.05, 0.1) is 18.9 Å². The van der Waals surface area contributed by atoms with Crippen molar-refractivity contribution in [2.24, 2.45) is 5.41 Å². The molecule has 4 heterocycles. The quantitative estimate of drug-likeness (QED) is 0.567. The van der Waals surface area contributed by atoms with Crippen molar-refractivity contribution in [3.63, 3.8) is 0 Å². The molecule has 1 aliphatic heterocycles. The van der Waals surface area contributed by atoms with E-state index >= 15 is 0 Å². The number of carbonyl (C=O) groups excluding carboxylic acids is 2. The first-order valence-corrected chi connectivity index (χ1v) is 12.2. The van der Waals surface area contributed by atoms with Crippen molar-refractivity contribution < 1.29 is 14.3 Å². The summed E-state index contributed by atoms with van der Waals surface area (Å²) in [6.07, 6.45) is 4.48. The van der Waals surface area contributed by atoms with Gasteiger partial charge in [-0.05, 0) is 25.2 Å². The van der Waals surface area contributed by atoms with E-state index in [4.69, 9.17) is 4.98 Å². The number of fused-ring (bicyclic) bond motifs is 1. The number of nitrogens with zero attached hydrogens (tertiary/aromatic N) is 5. The Bertz CT molecular complexity index is 1170. The third kappa shape index (κ3) is 5.14. The molecule has 0 spiro atoms. The van der Waals surface area contributed by atoms with Gasteiger partial charge in [0.2, 0.25) is 0 Å². The first-order valence-electron chi connectivity index (χ1n) is 11.4. The zero-order chi connectivity index (χ0) is 24.5. The molecule has 11 heteroatoms. The van der Waals surface area contributed by atoms with Crippen LogP contribution in [0.2, 0.25) is 0 Å². The second kappa shape index (κ2) is 9.57. The summed E-state index contributed by atoms with van der Waals surface area (Å²) in [5.74, 6) is 0.921. The van der Waals surface area contributed by atoms with Crippen LogP contribution < -0.4 is 10.6 Å². The Morgan fingerprint density at radius 1 is 1.24 bits per heavy atom. The van der Waals surface area contributed by atoms with Crippen LogP contribution in [0.4, 0.5) is 10.6 Å². The largest absolute Gasteiger partial charge is 0.453 e. The summed E-state index contributed by atoms with van der Waals surface area (Å²) in [5, 5.41) is 12.6. The molecule has 1 aliphatic rings. The minimum atomic E-state index is -0.449. The Hall–Kier alpha value is -3.21. The SMILES string of the molecule is COC(=O)NC1CCN(C(=O)c2cc(N[C@H](C)C(C)(C)C)nc(-c3cnn4ccsc34)n2)CC1. The van der Waals surface area contributed by atoms with Crippen molar-refractivity contribution in [1.82, 2.24) is 29.8 Å². The summed E-state index contributed by atoms with van der Waals surface area (Å²) in [6, 6.07) is 1.83. The molecule has 0 radical (unpaired) electrons. The molecule has 2 amide bonds. The van der Waals surface area contributed by atoms with Gasteiger partial charge in [-0.1, -0.05) is 20.8 Å². The molecule has 0 bridgehead atoms. The maximum Gasteiger partial charge on any atom is 0.407 e. The number of anilines is 1. The van der Waals surface area contributed by atoms with Gasteiger partial charge < -0.3 is 20.3 Å². The summed E-state index contributed by atoms with van der Waals surface area (Å²) >= 11 is 1.55. The van der Waals surface area contributed by atoms with Gasteiger partial charge >= 0.3 is 6.09 Å². The number of rotatable bonds is 5. The number of hydrogen-bond acceptors (Lipinski definition) is 8. The molecule has 10 nitrogen and oxygen atoms in total. The highest BCUT2D eigenvalue weighted by molar-refractivity contribution is 7.16. The zero-order valence-electron chi connectivity index (χ0n) is 20.2. The lowest BCUT2D eigenvalue weighted by atomic mass is 9.88. The average molecular weight is 486 g/mol. The van der Waals surface area contributed by atoms with E-state index in [1.807, 2.05) is 11.6 Å². The van der Waals surface area contributed by atoms with E-state index in [2.05, 4.69) is 53.1 Å². The monoisotopic (exact) mass is 485 g/mol. The summed E-state index contributed by atoms with van der Waals surface area (Å²) in [6.45, 7) is 9.60. The van der Waals surface area contributed by atoms with Crippen LogP contribution in [0.25, 0.3) is 16.2 Å². The lowest BCUT2D eigenvalue weighted by Crippen LogP contribution is -2.46. The van der Waals surface area contributed by atoms with Crippen LogP contribution in [0.5, 0.6) is 0 Å². The first kappa shape index (κ1) is 23.9. The van der Waals surface area contributed by atoms with E-state index in [1.165, 1.54) is 7.11 Å². The number of likely N-dealkylation sites (tertiary alicyclic amines) is 1. The van der Waals surface area contributed by atoms with Gasteiger partial charge in [0.25, 0.3) is 5.91 Å². The molecule has 1 fully saturated rings. The smallest absolute Gasteiger partial charge is 0.407 e. The molecular weight excluding hydrogens is 454 g/mol. The predicted molar refractivity (Wildman–Crippen MR) is 131 cm³/mol. The first-order chi connectivity index (χ1) is 16.2. The number of alkyl carbamates (subject to hydrolysis) is 1. The van der Waals surface area contributed by atoms with Crippen LogP contribution in [-0.2, 0) is 4.74 Å². The fourth-order valence-electron chi connectivity index (χ4n) is 3.68. The molecule has 182 valence electrons. The zero-order valence-corrected chi connectivity index (χ0v) is 21.0. The molecule has 0 aromatic carbocycles.